The van der Waals surface area contributed by atoms with Gasteiger partial charge in [0.15, 0.2) is 5.76 Å². The number of rotatable bonds is 6. The fraction of sp³-hybridized carbons (Fsp3) is 0.250. The van der Waals surface area contributed by atoms with E-state index in [0.717, 1.165) is 10.6 Å². The van der Waals surface area contributed by atoms with Crippen molar-refractivity contribution in [3.63, 3.8) is 0 Å². The molecule has 7 nitrogen and oxygen atoms in total. The summed E-state index contributed by atoms with van der Waals surface area (Å²) in [5, 5.41) is 5.88. The van der Waals surface area contributed by atoms with Crippen molar-refractivity contribution < 1.29 is 23.6 Å². The Morgan fingerprint density at radius 2 is 2.14 bits per heavy atom. The first kappa shape index (κ1) is 18.2. The maximum atomic E-state index is 12.4. The van der Waals surface area contributed by atoms with Crippen molar-refractivity contribution in [2.45, 2.75) is 13.0 Å². The summed E-state index contributed by atoms with van der Waals surface area (Å²) in [6.07, 6.45) is 0.129. The average molecular weight is 398 g/mol. The van der Waals surface area contributed by atoms with Crippen LogP contribution in [-0.4, -0.2) is 30.7 Å². The lowest BCUT2D eigenvalue weighted by Gasteiger charge is -2.16. The van der Waals surface area contributed by atoms with E-state index in [1.54, 1.807) is 53.7 Å². The van der Waals surface area contributed by atoms with Crippen LogP contribution in [0.3, 0.4) is 0 Å². The van der Waals surface area contributed by atoms with Gasteiger partial charge in [-0.25, -0.2) is 0 Å². The van der Waals surface area contributed by atoms with E-state index in [0.29, 0.717) is 23.7 Å². The quantitative estimate of drug-likeness (QED) is 0.591. The van der Waals surface area contributed by atoms with Crippen LogP contribution >= 0.6 is 11.3 Å². The Kier molecular flexibility index (Phi) is 5.12. The van der Waals surface area contributed by atoms with Gasteiger partial charge in [-0.3, -0.25) is 9.59 Å². The van der Waals surface area contributed by atoms with Crippen LogP contribution in [0.1, 0.15) is 12.1 Å². The zero-order chi connectivity index (χ0) is 19.5. The molecule has 0 N–H and O–H groups in total. The van der Waals surface area contributed by atoms with E-state index in [-0.39, 0.29) is 18.9 Å². The van der Waals surface area contributed by atoms with Gasteiger partial charge >= 0.3 is 5.97 Å². The molecule has 1 fully saturated rings. The lowest BCUT2D eigenvalue weighted by Crippen LogP contribution is -2.26. The molecule has 0 radical (unpaired) electrons. The highest BCUT2D eigenvalue weighted by Gasteiger charge is 2.36. The summed E-state index contributed by atoms with van der Waals surface area (Å²) < 4.78 is 15.8. The van der Waals surface area contributed by atoms with Crippen LogP contribution in [0.25, 0.3) is 10.6 Å². The van der Waals surface area contributed by atoms with Gasteiger partial charge < -0.3 is 18.9 Å². The minimum Gasteiger partial charge on any atom is -0.497 e. The average Bonchev–Trinajstić information content (AvgIpc) is 3.46. The maximum Gasteiger partial charge on any atom is 0.311 e. The molecule has 1 saturated heterocycles. The molecule has 3 aromatic rings. The summed E-state index contributed by atoms with van der Waals surface area (Å²) in [5.74, 6) is 0.334. The third-order valence-corrected chi connectivity index (χ3v) is 5.41. The van der Waals surface area contributed by atoms with E-state index >= 15 is 0 Å². The van der Waals surface area contributed by atoms with Gasteiger partial charge in [0.2, 0.25) is 5.91 Å². The first-order chi connectivity index (χ1) is 13.6. The minimum absolute atomic E-state index is 0.0148. The predicted molar refractivity (Wildman–Crippen MR) is 103 cm³/mol. The summed E-state index contributed by atoms with van der Waals surface area (Å²) in [5.41, 5.74) is 1.27. The summed E-state index contributed by atoms with van der Waals surface area (Å²) in [6.45, 7) is 0.310. The van der Waals surface area contributed by atoms with Crippen molar-refractivity contribution in [2.75, 3.05) is 18.6 Å². The molecule has 1 amide bonds. The Hall–Kier alpha value is -3.13. The second-order valence-electron chi connectivity index (χ2n) is 6.37. The van der Waals surface area contributed by atoms with Crippen LogP contribution in [0.15, 0.2) is 52.4 Å². The highest BCUT2D eigenvalue weighted by Crippen LogP contribution is 2.28. The van der Waals surface area contributed by atoms with Crippen LogP contribution in [0.4, 0.5) is 5.69 Å². The van der Waals surface area contributed by atoms with E-state index in [9.17, 15) is 9.59 Å². The van der Waals surface area contributed by atoms with Gasteiger partial charge in [0.25, 0.3) is 0 Å². The monoisotopic (exact) mass is 398 g/mol. The Morgan fingerprint density at radius 3 is 2.86 bits per heavy atom. The number of methoxy groups -OCH3 is 1. The maximum absolute atomic E-state index is 12.4. The molecule has 0 unspecified atom stereocenters. The van der Waals surface area contributed by atoms with E-state index < -0.39 is 11.9 Å². The molecule has 1 aliphatic rings. The van der Waals surface area contributed by atoms with Crippen LogP contribution in [0.2, 0.25) is 0 Å². The first-order valence-electron chi connectivity index (χ1n) is 8.74. The highest BCUT2D eigenvalue weighted by atomic mass is 32.1. The Balaban J connectivity index is 1.34. The number of carbonyl (C=O) groups is 2. The first-order valence-corrected chi connectivity index (χ1v) is 9.62. The number of nitrogens with zero attached hydrogens (tertiary/aromatic N) is 2. The van der Waals surface area contributed by atoms with Gasteiger partial charge in [-0.15, -0.1) is 11.3 Å². The zero-order valence-electron chi connectivity index (χ0n) is 15.2. The van der Waals surface area contributed by atoms with Crippen molar-refractivity contribution in [3.8, 4) is 16.4 Å². The molecular weight excluding hydrogens is 380 g/mol. The van der Waals surface area contributed by atoms with Crippen LogP contribution < -0.4 is 9.64 Å². The van der Waals surface area contributed by atoms with Gasteiger partial charge in [-0.05, 0) is 35.7 Å². The van der Waals surface area contributed by atoms with Crippen LogP contribution in [0.5, 0.6) is 5.75 Å². The molecule has 1 aliphatic heterocycles. The number of hydrogen-bond acceptors (Lipinski definition) is 7. The topological polar surface area (TPSA) is 81.9 Å². The molecule has 1 atom stereocenters. The Labute approximate surface area is 165 Å². The summed E-state index contributed by atoms with van der Waals surface area (Å²) in [7, 11) is 1.58. The molecular formula is C20H18N2O5S. The molecule has 0 aliphatic carbocycles. The van der Waals surface area contributed by atoms with Gasteiger partial charge in [-0.1, -0.05) is 11.2 Å². The molecule has 0 bridgehead atoms. The number of amides is 1. The number of carbonyl (C=O) groups excluding carboxylic acids is 2. The van der Waals surface area contributed by atoms with Gasteiger partial charge in [0, 0.05) is 24.7 Å². The minimum atomic E-state index is -0.502. The molecule has 144 valence electrons. The molecule has 4 rings (SSSR count). The molecule has 0 saturated carbocycles. The van der Waals surface area contributed by atoms with Gasteiger partial charge in [-0.2, -0.15) is 0 Å². The lowest BCUT2D eigenvalue weighted by molar-refractivity contribution is -0.149. The van der Waals surface area contributed by atoms with E-state index in [1.165, 1.54) is 0 Å². The Bertz CT molecular complexity index is 965. The zero-order valence-corrected chi connectivity index (χ0v) is 16.0. The fourth-order valence-corrected chi connectivity index (χ4v) is 3.73. The number of ether oxygens (including phenoxy) is 2. The number of hydrogen-bond donors (Lipinski definition) is 0. The lowest BCUT2D eigenvalue weighted by atomic mass is 10.1. The van der Waals surface area contributed by atoms with Crippen molar-refractivity contribution in [3.05, 3.63) is 53.5 Å². The standard InChI is InChI=1S/C20H18N2O5S/c1-25-16-6-4-15(5-7-16)22-11-13(9-19(22)23)20(24)26-12-14-10-17(27-21-14)18-3-2-8-28-18/h2-8,10,13H,9,11-12H2,1H3/t13-/m1/s1. The fourth-order valence-electron chi connectivity index (χ4n) is 3.05. The SMILES string of the molecule is COc1ccc(N2C[C@H](C(=O)OCc3cc(-c4cccs4)on3)CC2=O)cc1. The number of aromatic nitrogens is 1. The van der Waals surface area contributed by atoms with Gasteiger partial charge in [0.05, 0.1) is 17.9 Å². The highest BCUT2D eigenvalue weighted by molar-refractivity contribution is 7.13. The second kappa shape index (κ2) is 7.85. The summed E-state index contributed by atoms with van der Waals surface area (Å²) >= 11 is 1.54. The van der Waals surface area contributed by atoms with E-state index in [4.69, 9.17) is 14.0 Å². The molecule has 3 heterocycles. The molecule has 8 heteroatoms. The summed E-state index contributed by atoms with van der Waals surface area (Å²) in [4.78, 5) is 27.3. The molecule has 28 heavy (non-hydrogen) atoms. The van der Waals surface area contributed by atoms with Crippen LogP contribution in [0, 0.1) is 5.92 Å². The van der Waals surface area contributed by atoms with E-state index in [1.807, 2.05) is 17.5 Å². The molecule has 2 aromatic heterocycles. The number of thiophene rings is 1. The third kappa shape index (κ3) is 3.77. The number of benzene rings is 1. The third-order valence-electron chi connectivity index (χ3n) is 4.53. The molecule has 1 aromatic carbocycles. The van der Waals surface area contributed by atoms with Crippen molar-refractivity contribution in [1.82, 2.24) is 5.16 Å². The van der Waals surface area contributed by atoms with Crippen molar-refractivity contribution >= 4 is 28.9 Å². The van der Waals surface area contributed by atoms with E-state index in [2.05, 4.69) is 5.16 Å². The van der Waals surface area contributed by atoms with Crippen molar-refractivity contribution in [2.24, 2.45) is 5.92 Å². The number of esters is 1. The van der Waals surface area contributed by atoms with Crippen LogP contribution in [-0.2, 0) is 20.9 Å². The normalized spacial score (nSPS) is 16.4. The summed E-state index contributed by atoms with van der Waals surface area (Å²) in [6, 6.07) is 12.8. The smallest absolute Gasteiger partial charge is 0.311 e. The largest absolute Gasteiger partial charge is 0.497 e. The second-order valence-corrected chi connectivity index (χ2v) is 7.32. The molecule has 0 spiro atoms. The predicted octanol–water partition coefficient (Wildman–Crippen LogP) is 3.51. The number of anilines is 1. The Morgan fingerprint density at radius 1 is 1.32 bits per heavy atom. The van der Waals surface area contributed by atoms with Gasteiger partial charge in [0.1, 0.15) is 18.1 Å². The van der Waals surface area contributed by atoms with Crippen molar-refractivity contribution in [1.29, 1.82) is 0 Å².